The van der Waals surface area contributed by atoms with E-state index in [-0.39, 0.29) is 12.2 Å². The van der Waals surface area contributed by atoms with Gasteiger partial charge in [0, 0.05) is 24.4 Å². The van der Waals surface area contributed by atoms with Crippen molar-refractivity contribution in [1.82, 2.24) is 4.98 Å². The van der Waals surface area contributed by atoms with Gasteiger partial charge in [0.2, 0.25) is 6.79 Å². The van der Waals surface area contributed by atoms with E-state index in [1.165, 1.54) is 6.20 Å². The first kappa shape index (κ1) is 15.1. The van der Waals surface area contributed by atoms with Crippen LogP contribution in [0.25, 0.3) is 0 Å². The van der Waals surface area contributed by atoms with Crippen molar-refractivity contribution >= 4 is 11.6 Å². The topological polar surface area (TPSA) is 86.5 Å². The molecule has 0 unspecified atom stereocenters. The van der Waals surface area contributed by atoms with Crippen molar-refractivity contribution in [3.8, 4) is 11.5 Å². The van der Waals surface area contributed by atoms with Crippen LogP contribution in [-0.4, -0.2) is 24.2 Å². The highest BCUT2D eigenvalue weighted by atomic mass is 16.7. The van der Waals surface area contributed by atoms with Gasteiger partial charge in [-0.25, -0.2) is 0 Å². The zero-order chi connectivity index (χ0) is 16.4. The third kappa shape index (κ3) is 3.06. The van der Waals surface area contributed by atoms with Crippen LogP contribution < -0.4 is 20.5 Å². The van der Waals surface area contributed by atoms with E-state index in [0.29, 0.717) is 17.8 Å². The minimum absolute atomic E-state index is 0.181. The summed E-state index contributed by atoms with van der Waals surface area (Å²) in [6.07, 6.45) is 3.10. The number of amides is 1. The molecule has 6 heteroatoms. The van der Waals surface area contributed by atoms with Crippen molar-refractivity contribution in [3.63, 3.8) is 0 Å². The number of aromatic nitrogens is 1. The Morgan fingerprint density at radius 2 is 2.09 bits per heavy atom. The van der Waals surface area contributed by atoms with E-state index in [1.54, 1.807) is 12.3 Å². The van der Waals surface area contributed by atoms with Crippen molar-refractivity contribution < 1.29 is 14.3 Å². The van der Waals surface area contributed by atoms with Gasteiger partial charge in [-0.2, -0.15) is 0 Å². The molecule has 3 N–H and O–H groups in total. The second-order valence-corrected chi connectivity index (χ2v) is 6.09. The van der Waals surface area contributed by atoms with Crippen LogP contribution in [0.3, 0.4) is 0 Å². The highest BCUT2D eigenvalue weighted by Crippen LogP contribution is 2.36. The first-order chi connectivity index (χ1) is 11.0. The molecule has 0 fully saturated rings. The summed E-state index contributed by atoms with van der Waals surface area (Å²) < 4.78 is 10.8. The van der Waals surface area contributed by atoms with E-state index in [2.05, 4.69) is 24.1 Å². The SMILES string of the molecule is CC(C)(CNc1ccncc1C(N)=O)c1ccc2c(c1)OCO2. The molecule has 6 nitrogen and oxygen atoms in total. The molecule has 1 aromatic carbocycles. The number of hydrogen-bond donors (Lipinski definition) is 2. The van der Waals surface area contributed by atoms with Gasteiger partial charge in [0.25, 0.3) is 5.91 Å². The van der Waals surface area contributed by atoms with E-state index in [4.69, 9.17) is 15.2 Å². The van der Waals surface area contributed by atoms with Crippen LogP contribution in [0.5, 0.6) is 11.5 Å². The standard InChI is InChI=1S/C17H19N3O3/c1-17(2,11-3-4-14-15(7-11)23-10-22-14)9-20-13-5-6-19-8-12(13)16(18)21/h3-8H,9-10H2,1-2H3,(H2,18,21)(H,19,20). The molecule has 2 heterocycles. The van der Waals surface area contributed by atoms with Crippen molar-refractivity contribution in [3.05, 3.63) is 47.8 Å². The molecule has 1 aromatic heterocycles. The van der Waals surface area contributed by atoms with Gasteiger partial charge in [0.15, 0.2) is 11.5 Å². The molecule has 0 saturated heterocycles. The fourth-order valence-electron chi connectivity index (χ4n) is 2.48. The molecule has 1 aliphatic heterocycles. The van der Waals surface area contributed by atoms with Crippen molar-refractivity contribution in [2.75, 3.05) is 18.7 Å². The maximum atomic E-state index is 11.5. The molecule has 0 aliphatic carbocycles. The van der Waals surface area contributed by atoms with Crippen molar-refractivity contribution in [2.24, 2.45) is 5.73 Å². The summed E-state index contributed by atoms with van der Waals surface area (Å²) in [6, 6.07) is 7.68. The van der Waals surface area contributed by atoms with E-state index >= 15 is 0 Å². The van der Waals surface area contributed by atoms with Crippen LogP contribution in [0.1, 0.15) is 29.8 Å². The smallest absolute Gasteiger partial charge is 0.252 e. The second-order valence-electron chi connectivity index (χ2n) is 6.09. The summed E-state index contributed by atoms with van der Waals surface area (Å²) in [5.41, 5.74) is 7.38. The Hall–Kier alpha value is -2.76. The average Bonchev–Trinajstić information content (AvgIpc) is 3.00. The number of anilines is 1. The normalized spacial score (nSPS) is 13.0. The number of hydrogen-bond acceptors (Lipinski definition) is 5. The number of ether oxygens (including phenoxy) is 2. The van der Waals surface area contributed by atoms with E-state index in [1.807, 2.05) is 18.2 Å². The van der Waals surface area contributed by atoms with Crippen LogP contribution in [-0.2, 0) is 5.41 Å². The number of fused-ring (bicyclic) bond motifs is 1. The zero-order valence-electron chi connectivity index (χ0n) is 13.1. The lowest BCUT2D eigenvalue weighted by Gasteiger charge is -2.27. The van der Waals surface area contributed by atoms with Gasteiger partial charge in [-0.15, -0.1) is 0 Å². The lowest BCUT2D eigenvalue weighted by Crippen LogP contribution is -2.28. The molecule has 120 valence electrons. The maximum Gasteiger partial charge on any atom is 0.252 e. The molecule has 1 amide bonds. The number of rotatable bonds is 5. The van der Waals surface area contributed by atoms with Gasteiger partial charge in [0.05, 0.1) is 11.3 Å². The number of benzene rings is 1. The van der Waals surface area contributed by atoms with Crippen LogP contribution >= 0.6 is 0 Å². The lowest BCUT2D eigenvalue weighted by atomic mass is 9.84. The first-order valence-electron chi connectivity index (χ1n) is 7.35. The molecule has 2 aromatic rings. The first-order valence-corrected chi connectivity index (χ1v) is 7.35. The van der Waals surface area contributed by atoms with Crippen LogP contribution in [0.15, 0.2) is 36.7 Å². The number of nitrogens with one attached hydrogen (secondary N) is 1. The molecule has 0 spiro atoms. The Kier molecular flexibility index (Phi) is 3.82. The highest BCUT2D eigenvalue weighted by Gasteiger charge is 2.24. The molecule has 3 rings (SSSR count). The van der Waals surface area contributed by atoms with Gasteiger partial charge < -0.3 is 20.5 Å². The quantitative estimate of drug-likeness (QED) is 0.884. The minimum atomic E-state index is -0.499. The lowest BCUT2D eigenvalue weighted by molar-refractivity contribution is 0.100. The van der Waals surface area contributed by atoms with Crippen LogP contribution in [0, 0.1) is 0 Å². The number of primary amides is 1. The summed E-state index contributed by atoms with van der Waals surface area (Å²) in [6.45, 7) is 5.11. The summed E-state index contributed by atoms with van der Waals surface area (Å²) >= 11 is 0. The summed E-state index contributed by atoms with van der Waals surface area (Å²) in [7, 11) is 0. The average molecular weight is 313 g/mol. The fraction of sp³-hybridized carbons (Fsp3) is 0.294. The van der Waals surface area contributed by atoms with Crippen LogP contribution in [0.4, 0.5) is 5.69 Å². The third-order valence-corrected chi connectivity index (χ3v) is 3.96. The Bertz CT molecular complexity index is 744. The Labute approximate surface area is 134 Å². The van der Waals surface area contributed by atoms with Crippen molar-refractivity contribution in [2.45, 2.75) is 19.3 Å². The number of pyridine rings is 1. The number of carbonyl (C=O) groups is 1. The third-order valence-electron chi connectivity index (χ3n) is 3.96. The number of carbonyl (C=O) groups excluding carboxylic acids is 1. The minimum Gasteiger partial charge on any atom is -0.454 e. The molecule has 0 atom stereocenters. The predicted molar refractivity (Wildman–Crippen MR) is 86.8 cm³/mol. The van der Waals surface area contributed by atoms with Gasteiger partial charge in [0.1, 0.15) is 0 Å². The van der Waals surface area contributed by atoms with Gasteiger partial charge in [-0.3, -0.25) is 9.78 Å². The van der Waals surface area contributed by atoms with Gasteiger partial charge in [-0.05, 0) is 23.8 Å². The van der Waals surface area contributed by atoms with E-state index in [9.17, 15) is 4.79 Å². The van der Waals surface area contributed by atoms with Gasteiger partial charge >= 0.3 is 0 Å². The predicted octanol–water partition coefficient (Wildman–Crippen LogP) is 2.30. The summed E-state index contributed by atoms with van der Waals surface area (Å²) in [5.74, 6) is 1.03. The number of nitrogens with two attached hydrogens (primary N) is 1. The summed E-state index contributed by atoms with van der Waals surface area (Å²) in [4.78, 5) is 15.4. The largest absolute Gasteiger partial charge is 0.454 e. The zero-order valence-corrected chi connectivity index (χ0v) is 13.1. The Morgan fingerprint density at radius 1 is 1.30 bits per heavy atom. The monoisotopic (exact) mass is 313 g/mol. The molecule has 0 radical (unpaired) electrons. The van der Waals surface area contributed by atoms with Crippen LogP contribution in [0.2, 0.25) is 0 Å². The molecular formula is C17H19N3O3. The molecule has 23 heavy (non-hydrogen) atoms. The van der Waals surface area contributed by atoms with Gasteiger partial charge in [-0.1, -0.05) is 19.9 Å². The second kappa shape index (κ2) is 5.79. The Morgan fingerprint density at radius 3 is 2.87 bits per heavy atom. The molecule has 1 aliphatic rings. The summed E-state index contributed by atoms with van der Waals surface area (Å²) in [5, 5.41) is 3.29. The van der Waals surface area contributed by atoms with Crippen molar-refractivity contribution in [1.29, 1.82) is 0 Å². The van der Waals surface area contributed by atoms with E-state index in [0.717, 1.165) is 17.1 Å². The fourth-order valence-corrected chi connectivity index (χ4v) is 2.48. The molecular weight excluding hydrogens is 294 g/mol. The highest BCUT2D eigenvalue weighted by molar-refractivity contribution is 5.98. The molecule has 0 saturated carbocycles. The maximum absolute atomic E-state index is 11.5. The Balaban J connectivity index is 1.78. The molecule has 0 bridgehead atoms. The number of nitrogens with zero attached hydrogens (tertiary/aromatic N) is 1. The van der Waals surface area contributed by atoms with E-state index < -0.39 is 5.91 Å².